The van der Waals surface area contributed by atoms with Crippen LogP contribution in [0.4, 0.5) is 5.69 Å². The van der Waals surface area contributed by atoms with E-state index in [1.807, 2.05) is 36.4 Å². The molecule has 0 spiro atoms. The second-order valence-electron chi connectivity index (χ2n) is 3.85. The number of rotatable bonds is 5. The minimum Gasteiger partial charge on any atom is -0.495 e. The summed E-state index contributed by atoms with van der Waals surface area (Å²) in [6.45, 7) is 0.821. The number of hydrogen-bond acceptors (Lipinski definition) is 3. The average Bonchev–Trinajstić information content (AvgIpc) is 2.42. The number of nitrogens with zero attached hydrogens (tertiary/aromatic N) is 1. The maximum Gasteiger partial charge on any atom is 0.139 e. The van der Waals surface area contributed by atoms with Gasteiger partial charge in [-0.1, -0.05) is 17.7 Å². The lowest BCUT2D eigenvalue weighted by Crippen LogP contribution is -2.05. The lowest BCUT2D eigenvalue weighted by Gasteiger charge is -2.09. The first-order valence-electron chi connectivity index (χ1n) is 5.77. The third-order valence-corrected chi connectivity index (χ3v) is 2.90. The van der Waals surface area contributed by atoms with Crippen molar-refractivity contribution in [3.8, 4) is 5.75 Å². The lowest BCUT2D eigenvalue weighted by atomic mass is 10.2. The number of ether oxygens (including phenoxy) is 1. The Kier molecular flexibility index (Phi) is 4.42. The fraction of sp³-hybridized carbons (Fsp3) is 0.214. The zero-order chi connectivity index (χ0) is 12.8. The van der Waals surface area contributed by atoms with Gasteiger partial charge in [-0.2, -0.15) is 0 Å². The van der Waals surface area contributed by atoms with Crippen molar-refractivity contribution in [1.29, 1.82) is 0 Å². The standard InChI is InChI=1S/C14H15ClN2O/c1-18-14-10-12(5-6-13(14)15)17-9-7-11-4-2-3-8-16-11/h2-6,8,10,17H,7,9H2,1H3. The zero-order valence-electron chi connectivity index (χ0n) is 10.2. The molecule has 0 amide bonds. The van der Waals surface area contributed by atoms with Crippen LogP contribution in [0, 0.1) is 0 Å². The highest BCUT2D eigenvalue weighted by Crippen LogP contribution is 2.27. The number of nitrogens with one attached hydrogen (secondary N) is 1. The molecule has 2 rings (SSSR count). The first kappa shape index (κ1) is 12.7. The Morgan fingerprint density at radius 1 is 1.28 bits per heavy atom. The lowest BCUT2D eigenvalue weighted by molar-refractivity contribution is 0.415. The number of aromatic nitrogens is 1. The number of methoxy groups -OCH3 is 1. The molecule has 1 N–H and O–H groups in total. The number of pyridine rings is 1. The number of anilines is 1. The van der Waals surface area contributed by atoms with E-state index in [4.69, 9.17) is 16.3 Å². The van der Waals surface area contributed by atoms with Gasteiger partial charge in [0.2, 0.25) is 0 Å². The van der Waals surface area contributed by atoms with Crippen molar-refractivity contribution in [3.63, 3.8) is 0 Å². The Bertz CT molecular complexity index is 502. The molecule has 0 fully saturated rings. The summed E-state index contributed by atoms with van der Waals surface area (Å²) in [5.74, 6) is 0.680. The van der Waals surface area contributed by atoms with E-state index in [0.29, 0.717) is 10.8 Å². The van der Waals surface area contributed by atoms with E-state index in [2.05, 4.69) is 10.3 Å². The minimum absolute atomic E-state index is 0.618. The van der Waals surface area contributed by atoms with Gasteiger partial charge in [0.15, 0.2) is 0 Å². The molecule has 2 aromatic rings. The fourth-order valence-electron chi connectivity index (χ4n) is 1.65. The maximum atomic E-state index is 5.96. The van der Waals surface area contributed by atoms with Crippen molar-refractivity contribution in [2.45, 2.75) is 6.42 Å². The second-order valence-corrected chi connectivity index (χ2v) is 4.25. The van der Waals surface area contributed by atoms with Crippen LogP contribution in [0.25, 0.3) is 0 Å². The molecule has 1 aromatic heterocycles. The third kappa shape index (κ3) is 3.37. The van der Waals surface area contributed by atoms with Crippen molar-refractivity contribution < 1.29 is 4.74 Å². The Morgan fingerprint density at radius 3 is 2.89 bits per heavy atom. The van der Waals surface area contributed by atoms with E-state index in [9.17, 15) is 0 Å². The predicted octanol–water partition coefficient (Wildman–Crippen LogP) is 3.40. The molecule has 0 aliphatic carbocycles. The Morgan fingerprint density at radius 2 is 2.17 bits per heavy atom. The number of benzene rings is 1. The molecule has 18 heavy (non-hydrogen) atoms. The zero-order valence-corrected chi connectivity index (χ0v) is 10.9. The molecule has 0 radical (unpaired) electrons. The van der Waals surface area contributed by atoms with E-state index in [1.54, 1.807) is 13.3 Å². The van der Waals surface area contributed by atoms with Crippen molar-refractivity contribution in [1.82, 2.24) is 4.98 Å². The van der Waals surface area contributed by atoms with E-state index in [0.717, 1.165) is 24.3 Å². The van der Waals surface area contributed by atoms with Crippen molar-refractivity contribution in [3.05, 3.63) is 53.3 Å². The maximum absolute atomic E-state index is 5.96. The molecular weight excluding hydrogens is 248 g/mol. The predicted molar refractivity (Wildman–Crippen MR) is 74.4 cm³/mol. The molecule has 1 heterocycles. The van der Waals surface area contributed by atoms with Crippen LogP contribution in [0.5, 0.6) is 5.75 Å². The summed E-state index contributed by atoms with van der Waals surface area (Å²) < 4.78 is 5.17. The normalized spacial score (nSPS) is 10.1. The molecule has 0 atom stereocenters. The molecule has 3 nitrogen and oxygen atoms in total. The van der Waals surface area contributed by atoms with Gasteiger partial charge in [0, 0.05) is 36.6 Å². The summed E-state index contributed by atoms with van der Waals surface area (Å²) >= 11 is 5.96. The molecule has 0 unspecified atom stereocenters. The molecular formula is C14H15ClN2O. The average molecular weight is 263 g/mol. The van der Waals surface area contributed by atoms with Crippen LogP contribution < -0.4 is 10.1 Å². The van der Waals surface area contributed by atoms with Crippen LogP contribution in [0.3, 0.4) is 0 Å². The topological polar surface area (TPSA) is 34.1 Å². The fourth-order valence-corrected chi connectivity index (χ4v) is 1.85. The molecule has 0 bridgehead atoms. The Labute approximate surface area is 112 Å². The molecule has 0 aliphatic rings. The minimum atomic E-state index is 0.618. The molecule has 0 saturated carbocycles. The van der Waals surface area contributed by atoms with Crippen molar-refractivity contribution >= 4 is 17.3 Å². The van der Waals surface area contributed by atoms with Gasteiger partial charge in [0.1, 0.15) is 5.75 Å². The first-order chi connectivity index (χ1) is 8.79. The number of halogens is 1. The highest BCUT2D eigenvalue weighted by atomic mass is 35.5. The Balaban J connectivity index is 1.91. The second kappa shape index (κ2) is 6.26. The summed E-state index contributed by atoms with van der Waals surface area (Å²) in [6.07, 6.45) is 2.69. The first-order valence-corrected chi connectivity index (χ1v) is 6.14. The largest absolute Gasteiger partial charge is 0.495 e. The molecule has 1 aromatic carbocycles. The molecule has 4 heteroatoms. The van der Waals surface area contributed by atoms with Gasteiger partial charge >= 0.3 is 0 Å². The van der Waals surface area contributed by atoms with E-state index in [1.165, 1.54) is 0 Å². The van der Waals surface area contributed by atoms with Gasteiger partial charge in [-0.3, -0.25) is 4.98 Å². The number of hydrogen-bond donors (Lipinski definition) is 1. The highest BCUT2D eigenvalue weighted by molar-refractivity contribution is 6.32. The van der Waals surface area contributed by atoms with Crippen LogP contribution in [0.1, 0.15) is 5.69 Å². The van der Waals surface area contributed by atoms with Gasteiger partial charge in [0.25, 0.3) is 0 Å². The van der Waals surface area contributed by atoms with E-state index >= 15 is 0 Å². The van der Waals surface area contributed by atoms with Gasteiger partial charge in [0.05, 0.1) is 12.1 Å². The highest BCUT2D eigenvalue weighted by Gasteiger charge is 2.01. The third-order valence-electron chi connectivity index (χ3n) is 2.59. The van der Waals surface area contributed by atoms with Gasteiger partial charge in [-0.25, -0.2) is 0 Å². The Hall–Kier alpha value is -1.74. The van der Waals surface area contributed by atoms with Crippen LogP contribution in [0.15, 0.2) is 42.6 Å². The van der Waals surface area contributed by atoms with Crippen LogP contribution in [-0.2, 0) is 6.42 Å². The van der Waals surface area contributed by atoms with Gasteiger partial charge in [-0.05, 0) is 24.3 Å². The molecule has 0 aliphatic heterocycles. The monoisotopic (exact) mass is 262 g/mol. The van der Waals surface area contributed by atoms with E-state index < -0.39 is 0 Å². The summed E-state index contributed by atoms with van der Waals surface area (Å²) in [4.78, 5) is 4.27. The van der Waals surface area contributed by atoms with Crippen molar-refractivity contribution in [2.24, 2.45) is 0 Å². The summed E-state index contributed by atoms with van der Waals surface area (Å²) in [5, 5.41) is 3.93. The van der Waals surface area contributed by atoms with Gasteiger partial charge < -0.3 is 10.1 Å². The summed E-state index contributed by atoms with van der Waals surface area (Å²) in [6, 6.07) is 11.6. The smallest absolute Gasteiger partial charge is 0.139 e. The van der Waals surface area contributed by atoms with Crippen LogP contribution >= 0.6 is 11.6 Å². The molecule has 0 saturated heterocycles. The van der Waals surface area contributed by atoms with E-state index in [-0.39, 0.29) is 0 Å². The summed E-state index contributed by atoms with van der Waals surface area (Å²) in [7, 11) is 1.61. The quantitative estimate of drug-likeness (QED) is 0.897. The SMILES string of the molecule is COc1cc(NCCc2ccccn2)ccc1Cl. The van der Waals surface area contributed by atoms with Crippen molar-refractivity contribution in [2.75, 3.05) is 19.0 Å². The molecule has 94 valence electrons. The summed E-state index contributed by atoms with van der Waals surface area (Å²) in [5.41, 5.74) is 2.07. The van der Waals surface area contributed by atoms with Crippen LogP contribution in [0.2, 0.25) is 5.02 Å². The van der Waals surface area contributed by atoms with Crippen LogP contribution in [-0.4, -0.2) is 18.6 Å². The van der Waals surface area contributed by atoms with Gasteiger partial charge in [-0.15, -0.1) is 0 Å².